The Morgan fingerprint density at radius 2 is 1.83 bits per heavy atom. The summed E-state index contributed by atoms with van der Waals surface area (Å²) < 4.78 is 5.26. The Morgan fingerprint density at radius 3 is 2.35 bits per heavy atom. The van der Waals surface area contributed by atoms with Gasteiger partial charge in [0, 0.05) is 7.05 Å². The number of carbonyl (C=O) groups is 2. The van der Waals surface area contributed by atoms with Crippen LogP contribution in [0.5, 0.6) is 0 Å². The maximum atomic E-state index is 12.4. The van der Waals surface area contributed by atoms with Gasteiger partial charge in [0.25, 0.3) is 5.91 Å². The second-order valence-electron chi connectivity index (χ2n) is 7.30. The third kappa shape index (κ3) is 7.68. The minimum Gasteiger partial charge on any atom is -0.444 e. The second kappa shape index (κ2) is 9.11. The molecule has 6 heteroatoms. The van der Waals surface area contributed by atoms with Crippen LogP contribution in [0, 0.1) is 5.92 Å². The Kier molecular flexibility index (Phi) is 7.82. The van der Waals surface area contributed by atoms with Crippen molar-refractivity contribution in [2.45, 2.75) is 77.4 Å². The Labute approximate surface area is 139 Å². The summed E-state index contributed by atoms with van der Waals surface area (Å²) in [4.78, 5) is 29.3. The van der Waals surface area contributed by atoms with Gasteiger partial charge in [-0.05, 0) is 39.5 Å². The number of likely N-dealkylation sites (N-methyl/N-ethyl adjacent to an activating group) is 1. The summed E-state index contributed by atoms with van der Waals surface area (Å²) in [7, 11) is 2.98. The number of amides is 2. The zero-order valence-corrected chi connectivity index (χ0v) is 15.2. The van der Waals surface area contributed by atoms with E-state index in [1.807, 2.05) is 0 Å². The van der Waals surface area contributed by atoms with Crippen LogP contribution in [-0.2, 0) is 14.4 Å². The predicted octanol–water partition coefficient (Wildman–Crippen LogP) is 3.26. The van der Waals surface area contributed by atoms with Crippen molar-refractivity contribution >= 4 is 12.0 Å². The molecule has 1 aliphatic carbocycles. The largest absolute Gasteiger partial charge is 0.444 e. The highest BCUT2D eigenvalue weighted by Gasteiger charge is 2.28. The van der Waals surface area contributed by atoms with Crippen LogP contribution < -0.4 is 5.32 Å². The number of alkyl carbamates (subject to hydrolysis) is 1. The minimum absolute atomic E-state index is 0.255. The smallest absolute Gasteiger partial charge is 0.408 e. The number of ether oxygens (including phenoxy) is 1. The van der Waals surface area contributed by atoms with E-state index in [-0.39, 0.29) is 5.91 Å². The van der Waals surface area contributed by atoms with E-state index in [0.717, 1.165) is 11.5 Å². The molecule has 23 heavy (non-hydrogen) atoms. The van der Waals surface area contributed by atoms with Gasteiger partial charge < -0.3 is 10.1 Å². The summed E-state index contributed by atoms with van der Waals surface area (Å²) in [6.45, 7) is 5.39. The molecule has 2 amide bonds. The fraction of sp³-hybridized carbons (Fsp3) is 0.882. The molecule has 0 radical (unpaired) electrons. The molecular weight excluding hydrogens is 296 g/mol. The molecule has 1 N–H and O–H groups in total. The van der Waals surface area contributed by atoms with Crippen LogP contribution in [0.2, 0.25) is 0 Å². The van der Waals surface area contributed by atoms with Crippen LogP contribution in [0.25, 0.3) is 0 Å². The summed E-state index contributed by atoms with van der Waals surface area (Å²) in [6, 6.07) is -0.614. The van der Waals surface area contributed by atoms with Crippen molar-refractivity contribution in [2.75, 3.05) is 14.2 Å². The number of nitrogens with one attached hydrogen (secondary N) is 1. The lowest BCUT2D eigenvalue weighted by Crippen LogP contribution is -2.48. The minimum atomic E-state index is -0.614. The standard InChI is InChI=1S/C17H32N2O4/c1-17(2,3)23-16(21)18-14(15(20)19(4)22-5)12-11-13-9-7-6-8-10-13/h13-14H,6-12H2,1-5H3,(H,18,21). The van der Waals surface area contributed by atoms with Gasteiger partial charge in [0.15, 0.2) is 0 Å². The molecule has 1 atom stereocenters. The van der Waals surface area contributed by atoms with Gasteiger partial charge in [0.2, 0.25) is 0 Å². The van der Waals surface area contributed by atoms with Crippen molar-refractivity contribution in [3.05, 3.63) is 0 Å². The molecular formula is C17H32N2O4. The highest BCUT2D eigenvalue weighted by molar-refractivity contribution is 5.84. The summed E-state index contributed by atoms with van der Waals surface area (Å²) in [5.41, 5.74) is -0.589. The van der Waals surface area contributed by atoms with E-state index >= 15 is 0 Å². The van der Waals surface area contributed by atoms with Crippen molar-refractivity contribution < 1.29 is 19.2 Å². The summed E-state index contributed by atoms with van der Waals surface area (Å²) >= 11 is 0. The van der Waals surface area contributed by atoms with Crippen LogP contribution in [-0.4, -0.2) is 42.9 Å². The zero-order valence-electron chi connectivity index (χ0n) is 15.2. The molecule has 1 unspecified atom stereocenters. The van der Waals surface area contributed by atoms with E-state index in [1.165, 1.54) is 39.2 Å². The van der Waals surface area contributed by atoms with Gasteiger partial charge in [0.05, 0.1) is 7.11 Å². The van der Waals surface area contributed by atoms with Gasteiger partial charge in [-0.3, -0.25) is 9.63 Å². The molecule has 6 nitrogen and oxygen atoms in total. The molecule has 1 aliphatic rings. The third-order valence-electron chi connectivity index (χ3n) is 4.16. The summed E-state index contributed by atoms with van der Waals surface area (Å²) in [5.74, 6) is 0.390. The first-order valence-corrected chi connectivity index (χ1v) is 8.54. The normalized spacial score (nSPS) is 17.4. The molecule has 0 aromatic heterocycles. The number of hydrogen-bond acceptors (Lipinski definition) is 4. The Morgan fingerprint density at radius 1 is 1.22 bits per heavy atom. The van der Waals surface area contributed by atoms with Crippen LogP contribution in [0.4, 0.5) is 4.79 Å². The molecule has 134 valence electrons. The summed E-state index contributed by atoms with van der Waals surface area (Å²) in [6.07, 6.45) is 7.24. The predicted molar refractivity (Wildman–Crippen MR) is 88.7 cm³/mol. The van der Waals surface area contributed by atoms with Crippen LogP contribution >= 0.6 is 0 Å². The molecule has 1 fully saturated rings. The maximum Gasteiger partial charge on any atom is 0.408 e. The topological polar surface area (TPSA) is 67.9 Å². The Balaban J connectivity index is 2.60. The number of hydroxylamine groups is 2. The number of carbonyl (C=O) groups excluding carboxylic acids is 2. The number of rotatable bonds is 6. The molecule has 0 saturated heterocycles. The van der Waals surface area contributed by atoms with Crippen LogP contribution in [0.15, 0.2) is 0 Å². The lowest BCUT2D eigenvalue weighted by molar-refractivity contribution is -0.171. The zero-order chi connectivity index (χ0) is 17.5. The lowest BCUT2D eigenvalue weighted by atomic mass is 9.85. The van der Waals surface area contributed by atoms with Gasteiger partial charge in [-0.2, -0.15) is 0 Å². The van der Waals surface area contributed by atoms with E-state index in [9.17, 15) is 9.59 Å². The third-order valence-corrected chi connectivity index (χ3v) is 4.16. The lowest BCUT2D eigenvalue weighted by Gasteiger charge is -2.27. The molecule has 0 bridgehead atoms. The van der Waals surface area contributed by atoms with E-state index in [2.05, 4.69) is 5.32 Å². The maximum absolute atomic E-state index is 12.4. The van der Waals surface area contributed by atoms with Crippen LogP contribution in [0.3, 0.4) is 0 Å². The first-order chi connectivity index (χ1) is 10.7. The fourth-order valence-corrected chi connectivity index (χ4v) is 2.89. The van der Waals surface area contributed by atoms with E-state index in [4.69, 9.17) is 9.57 Å². The van der Waals surface area contributed by atoms with Gasteiger partial charge in [-0.15, -0.1) is 0 Å². The molecule has 0 aliphatic heterocycles. The summed E-state index contributed by atoms with van der Waals surface area (Å²) in [5, 5.41) is 3.85. The first-order valence-electron chi connectivity index (χ1n) is 8.54. The number of hydrogen-bond donors (Lipinski definition) is 1. The van der Waals surface area contributed by atoms with Gasteiger partial charge in [-0.1, -0.05) is 32.1 Å². The molecule has 0 aromatic carbocycles. The highest BCUT2D eigenvalue weighted by atomic mass is 16.7. The van der Waals surface area contributed by atoms with E-state index in [0.29, 0.717) is 12.3 Å². The molecule has 0 spiro atoms. The average Bonchev–Trinajstić information content (AvgIpc) is 2.49. The van der Waals surface area contributed by atoms with E-state index < -0.39 is 17.7 Å². The SMILES string of the molecule is CON(C)C(=O)C(CCC1CCCCC1)NC(=O)OC(C)(C)C. The van der Waals surface area contributed by atoms with Crippen molar-refractivity contribution in [3.8, 4) is 0 Å². The van der Waals surface area contributed by atoms with Gasteiger partial charge >= 0.3 is 6.09 Å². The van der Waals surface area contributed by atoms with Crippen molar-refractivity contribution in [1.82, 2.24) is 10.4 Å². The second-order valence-corrected chi connectivity index (χ2v) is 7.30. The molecule has 1 rings (SSSR count). The molecule has 0 heterocycles. The van der Waals surface area contributed by atoms with Crippen molar-refractivity contribution in [1.29, 1.82) is 0 Å². The Hall–Kier alpha value is -1.30. The quantitative estimate of drug-likeness (QED) is 0.760. The van der Waals surface area contributed by atoms with Crippen molar-refractivity contribution in [2.24, 2.45) is 5.92 Å². The fourth-order valence-electron chi connectivity index (χ4n) is 2.89. The van der Waals surface area contributed by atoms with Crippen LogP contribution in [0.1, 0.15) is 65.7 Å². The van der Waals surface area contributed by atoms with Gasteiger partial charge in [0.1, 0.15) is 11.6 Å². The molecule has 0 aromatic rings. The van der Waals surface area contributed by atoms with E-state index in [1.54, 1.807) is 27.8 Å². The monoisotopic (exact) mass is 328 g/mol. The average molecular weight is 328 g/mol. The Bertz CT molecular complexity index is 387. The van der Waals surface area contributed by atoms with Crippen molar-refractivity contribution in [3.63, 3.8) is 0 Å². The molecule has 1 saturated carbocycles. The highest BCUT2D eigenvalue weighted by Crippen LogP contribution is 2.28. The number of nitrogens with zero attached hydrogens (tertiary/aromatic N) is 1. The van der Waals surface area contributed by atoms with Gasteiger partial charge in [-0.25, -0.2) is 9.86 Å². The first kappa shape index (κ1) is 19.7.